The Morgan fingerprint density at radius 1 is 0.875 bits per heavy atom. The monoisotopic (exact) mass is 652 g/mol. The summed E-state index contributed by atoms with van der Waals surface area (Å²) in [7, 11) is 0.0250. The van der Waals surface area contributed by atoms with E-state index in [0.717, 1.165) is 7.35 Å². The molecule has 0 nitrogen and oxygen atoms in total. The van der Waals surface area contributed by atoms with Crippen molar-refractivity contribution in [1.29, 1.82) is 0 Å². The van der Waals surface area contributed by atoms with E-state index in [0.29, 0.717) is 0 Å². The predicted octanol–water partition coefficient (Wildman–Crippen LogP) is 2.64. The van der Waals surface area contributed by atoms with Crippen LogP contribution in [-0.2, 0) is 22.9 Å². The van der Waals surface area contributed by atoms with E-state index in [1.807, 2.05) is 5.31 Å². The quantitative estimate of drug-likeness (QED) is 0.289. The van der Waals surface area contributed by atoms with E-state index >= 15 is 0 Å². The summed E-state index contributed by atoms with van der Waals surface area (Å²) in [5.41, 5.74) is 9.37. The van der Waals surface area contributed by atoms with Crippen molar-refractivity contribution in [1.82, 2.24) is 0 Å². The average molecular weight is 652 g/mol. The van der Waals surface area contributed by atoms with Crippen LogP contribution in [0.4, 0.5) is 0 Å². The number of halogens is 2. The zero-order valence-electron chi connectivity index (χ0n) is 19.8. The molecule has 2 aromatic carbocycles. The normalized spacial score (nSPS) is 17.8. The summed E-state index contributed by atoms with van der Waals surface area (Å²) in [5, 5.41) is 1.88. The fourth-order valence-electron chi connectivity index (χ4n) is 4.92. The van der Waals surface area contributed by atoms with Gasteiger partial charge in [-0.2, -0.15) is 0 Å². The molecule has 0 N–H and O–H groups in total. The molecule has 2 aromatic rings. The third-order valence-electron chi connectivity index (χ3n) is 6.67. The molecule has 4 heteroatoms. The minimum absolute atomic E-state index is 0. The molecule has 4 rings (SSSR count). The van der Waals surface area contributed by atoms with Crippen molar-refractivity contribution in [2.24, 2.45) is 0 Å². The molecule has 0 spiro atoms. The van der Waals surface area contributed by atoms with Crippen LogP contribution in [0.25, 0.3) is 12.2 Å². The topological polar surface area (TPSA) is 0 Å². The van der Waals surface area contributed by atoms with Crippen molar-refractivity contribution in [3.63, 3.8) is 0 Å². The summed E-state index contributed by atoms with van der Waals surface area (Å²) in [6, 6.07) is 14.0. The van der Waals surface area contributed by atoms with Crippen molar-refractivity contribution < 1.29 is 47.7 Å². The van der Waals surface area contributed by atoms with Gasteiger partial charge in [0.15, 0.2) is 0 Å². The second-order valence-corrected chi connectivity index (χ2v) is 16.9. The molecule has 2 aliphatic rings. The summed E-state index contributed by atoms with van der Waals surface area (Å²) < 4.78 is 1.54. The maximum Gasteiger partial charge on any atom is -1.00 e. The zero-order chi connectivity index (χ0) is 21.1. The molecule has 2 aliphatic carbocycles. The number of benzene rings is 2. The maximum absolute atomic E-state index is 2.65. The van der Waals surface area contributed by atoms with Crippen LogP contribution in [0.1, 0.15) is 80.3 Å². The number of allylic oxidation sites excluding steroid dienone is 2. The fraction of sp³-hybridized carbons (Fsp3) is 0.429. The Kier molecular flexibility index (Phi) is 11.4. The summed E-state index contributed by atoms with van der Waals surface area (Å²) in [6.07, 6.45) is 16.0. The first-order valence-electron chi connectivity index (χ1n) is 11.7. The fourth-order valence-corrected chi connectivity index (χ4v) is 17.0. The molecule has 0 aromatic heterocycles. The molecule has 2 unspecified atom stereocenters. The van der Waals surface area contributed by atoms with Gasteiger partial charge < -0.3 is 24.8 Å². The second-order valence-electron chi connectivity index (χ2n) is 8.86. The molecule has 0 radical (unpaired) electrons. The largest absolute Gasteiger partial charge is 1.00 e. The van der Waals surface area contributed by atoms with Crippen LogP contribution in [0.2, 0.25) is 0 Å². The van der Waals surface area contributed by atoms with Crippen LogP contribution in [-0.4, -0.2) is 12.3 Å². The minimum atomic E-state index is -1.00. The Balaban J connectivity index is 0.00000181. The molecule has 0 saturated carbocycles. The summed E-state index contributed by atoms with van der Waals surface area (Å²) >= 11 is -1.00. The number of aryl methyl sites for hydroxylation is 2. The Morgan fingerprint density at radius 2 is 1.53 bits per heavy atom. The van der Waals surface area contributed by atoms with E-state index in [9.17, 15) is 0 Å². The number of hydrogen-bond donors (Lipinski definition) is 0. The van der Waals surface area contributed by atoms with Crippen LogP contribution in [0.15, 0.2) is 47.8 Å². The van der Waals surface area contributed by atoms with Gasteiger partial charge in [-0.05, 0) is 0 Å². The van der Waals surface area contributed by atoms with Gasteiger partial charge >= 0.3 is 197 Å². The number of unbranched alkanes of at least 4 members (excludes halogenated alkanes) is 2. The molecule has 0 amide bonds. The molecule has 0 heterocycles. The van der Waals surface area contributed by atoms with Gasteiger partial charge in [-0.25, -0.2) is 0 Å². The molecular weight excluding hydrogens is 617 g/mol. The third kappa shape index (κ3) is 5.89. The number of hydrogen-bond acceptors (Lipinski definition) is 0. The Bertz CT molecular complexity index is 958. The molecule has 2 atom stereocenters. The van der Waals surface area contributed by atoms with Gasteiger partial charge in [0.25, 0.3) is 0 Å². The van der Waals surface area contributed by atoms with Crippen LogP contribution < -0.4 is 24.8 Å². The first-order valence-corrected chi connectivity index (χ1v) is 17.6. The minimum Gasteiger partial charge on any atom is -1.00 e. The number of fused-ring (bicyclic) bond motifs is 2. The first kappa shape index (κ1) is 28.0. The molecule has 170 valence electrons. The molecule has 0 aliphatic heterocycles. The van der Waals surface area contributed by atoms with E-state index in [1.165, 1.54) is 60.3 Å². The first-order chi connectivity index (χ1) is 14.6. The van der Waals surface area contributed by atoms with Gasteiger partial charge in [0, 0.05) is 0 Å². The zero-order valence-corrected chi connectivity index (χ0v) is 25.8. The Labute approximate surface area is 220 Å². The van der Waals surface area contributed by atoms with Crippen LogP contribution in [0, 0.1) is 13.8 Å². The van der Waals surface area contributed by atoms with Gasteiger partial charge in [-0.15, -0.1) is 0 Å². The summed E-state index contributed by atoms with van der Waals surface area (Å²) in [6.45, 7) is 9.32. The predicted molar refractivity (Wildman–Crippen MR) is 131 cm³/mol. The van der Waals surface area contributed by atoms with E-state index in [2.05, 4.69) is 82.3 Å². The van der Waals surface area contributed by atoms with E-state index < -0.39 is 22.9 Å². The Morgan fingerprint density at radius 3 is 2.22 bits per heavy atom. The van der Waals surface area contributed by atoms with Crippen LogP contribution in [0.3, 0.4) is 0 Å². The van der Waals surface area contributed by atoms with Gasteiger partial charge in [0.1, 0.15) is 0 Å². The van der Waals surface area contributed by atoms with Crippen molar-refractivity contribution in [2.75, 3.05) is 12.3 Å². The van der Waals surface area contributed by atoms with Crippen LogP contribution >= 0.6 is 7.92 Å². The van der Waals surface area contributed by atoms with Gasteiger partial charge in [-0.1, -0.05) is 0 Å². The Hall–Kier alpha value is -0.200. The van der Waals surface area contributed by atoms with Crippen molar-refractivity contribution in [2.45, 2.75) is 60.7 Å². The molecule has 0 fully saturated rings. The maximum atomic E-state index is 2.65. The molecule has 32 heavy (non-hydrogen) atoms. The SMILES string of the molecule is CCCCP(CCCC)C1=Cc2ccccc2[CH]1[Hf+2][CH]1C=Cc2c(C)ccc(C)c21.[Cl-].[Cl-]. The van der Waals surface area contributed by atoms with Gasteiger partial charge in [0.05, 0.1) is 0 Å². The number of rotatable bonds is 9. The average Bonchev–Trinajstić information content (AvgIpc) is 3.34. The molecule has 0 saturated heterocycles. The second kappa shape index (κ2) is 13.0. The van der Waals surface area contributed by atoms with E-state index in [-0.39, 0.29) is 32.7 Å². The summed E-state index contributed by atoms with van der Waals surface area (Å²) in [5.74, 6) is 0. The molecule has 0 bridgehead atoms. The van der Waals surface area contributed by atoms with Crippen molar-refractivity contribution in [3.8, 4) is 0 Å². The van der Waals surface area contributed by atoms with E-state index in [1.54, 1.807) is 11.1 Å². The van der Waals surface area contributed by atoms with Gasteiger partial charge in [-0.3, -0.25) is 0 Å². The smallest absolute Gasteiger partial charge is 1.00 e. The third-order valence-corrected chi connectivity index (χ3v) is 16.8. The van der Waals surface area contributed by atoms with E-state index in [4.69, 9.17) is 0 Å². The van der Waals surface area contributed by atoms with Gasteiger partial charge in [0.2, 0.25) is 0 Å². The molecular formula is C28H35Cl2HfP. The standard InChI is InChI=1S/C17H24P.C11H11.2ClH.Hf/c1-3-5-11-18(12-6-4-2)17-13-15-9-7-8-10-16(15)14-17;1-8-6-7-9(2)11-5-3-4-10(8)11;;;/h7-10,13-14H,3-6,11-12H2,1-2H3;3-7H,1-2H3;2*1H;/q;;;;+2/p-2. The van der Waals surface area contributed by atoms with Crippen LogP contribution in [0.5, 0.6) is 0 Å². The van der Waals surface area contributed by atoms with Crippen molar-refractivity contribution >= 4 is 20.1 Å². The van der Waals surface area contributed by atoms with Crippen molar-refractivity contribution in [3.05, 3.63) is 81.2 Å². The summed E-state index contributed by atoms with van der Waals surface area (Å²) in [4.78, 5) is 0.